The number of nitrogens with one attached hydrogen (secondary N) is 2. The molecular formula is C27H34ClFN6O3. The van der Waals surface area contributed by atoms with E-state index in [0.717, 1.165) is 37.1 Å². The van der Waals surface area contributed by atoms with Crippen LogP contribution in [-0.4, -0.2) is 78.7 Å². The Morgan fingerprint density at radius 2 is 1.95 bits per heavy atom. The first kappa shape index (κ1) is 26.8. The van der Waals surface area contributed by atoms with Gasteiger partial charge in [-0.1, -0.05) is 17.7 Å². The molecule has 2 amide bonds. The summed E-state index contributed by atoms with van der Waals surface area (Å²) in [6.45, 7) is 4.42. The van der Waals surface area contributed by atoms with Crippen LogP contribution in [0, 0.1) is 5.82 Å². The summed E-state index contributed by atoms with van der Waals surface area (Å²) >= 11 is 5.93. The van der Waals surface area contributed by atoms with Gasteiger partial charge >= 0.3 is 0 Å². The Bertz CT molecular complexity index is 1180. The maximum atomic E-state index is 14.4. The summed E-state index contributed by atoms with van der Waals surface area (Å²) in [5.41, 5.74) is 1.42. The van der Waals surface area contributed by atoms with E-state index in [0.29, 0.717) is 56.3 Å². The number of aromatic nitrogens is 2. The molecule has 1 saturated carbocycles. The van der Waals surface area contributed by atoms with E-state index in [1.54, 1.807) is 13.2 Å². The van der Waals surface area contributed by atoms with Crippen molar-refractivity contribution in [1.82, 2.24) is 20.2 Å². The van der Waals surface area contributed by atoms with Gasteiger partial charge in [-0.2, -0.15) is 0 Å². The van der Waals surface area contributed by atoms with Crippen molar-refractivity contribution in [3.8, 4) is 0 Å². The van der Waals surface area contributed by atoms with Gasteiger partial charge in [-0.15, -0.1) is 0 Å². The Kier molecular flexibility index (Phi) is 8.11. The lowest BCUT2D eigenvalue weighted by Crippen LogP contribution is -2.51. The lowest BCUT2D eigenvalue weighted by molar-refractivity contribution is -0.133. The highest BCUT2D eigenvalue weighted by molar-refractivity contribution is 6.30. The zero-order chi connectivity index (χ0) is 26.8. The third-order valence-corrected chi connectivity index (χ3v) is 8.39. The van der Waals surface area contributed by atoms with Crippen molar-refractivity contribution in [2.75, 3.05) is 50.1 Å². The lowest BCUT2D eigenvalue weighted by atomic mass is 9.91. The number of benzene rings is 1. The van der Waals surface area contributed by atoms with Gasteiger partial charge in [0.25, 0.3) is 0 Å². The molecule has 3 aliphatic rings. The number of amides is 2. The average molecular weight is 545 g/mol. The van der Waals surface area contributed by atoms with E-state index in [1.165, 1.54) is 18.5 Å². The molecular weight excluding hydrogens is 511 g/mol. The van der Waals surface area contributed by atoms with Gasteiger partial charge in [0.1, 0.15) is 23.8 Å². The highest BCUT2D eigenvalue weighted by Gasteiger charge is 2.35. The molecule has 0 bridgehead atoms. The van der Waals surface area contributed by atoms with Crippen LogP contribution in [0.1, 0.15) is 55.6 Å². The van der Waals surface area contributed by atoms with Gasteiger partial charge in [-0.25, -0.2) is 14.4 Å². The minimum Gasteiger partial charge on any atom is -0.381 e. The fourth-order valence-corrected chi connectivity index (χ4v) is 5.83. The first-order chi connectivity index (χ1) is 18.4. The molecule has 2 fully saturated rings. The van der Waals surface area contributed by atoms with Crippen LogP contribution in [0.3, 0.4) is 0 Å². The summed E-state index contributed by atoms with van der Waals surface area (Å²) in [5.74, 6) is -0.214. The fraction of sp³-hybridized carbons (Fsp3) is 0.556. The van der Waals surface area contributed by atoms with Crippen molar-refractivity contribution in [3.63, 3.8) is 0 Å². The molecule has 204 valence electrons. The predicted molar refractivity (Wildman–Crippen MR) is 143 cm³/mol. The van der Waals surface area contributed by atoms with Crippen LogP contribution >= 0.6 is 11.6 Å². The number of carbonyl (C=O) groups excluding carboxylic acids is 2. The topological polar surface area (TPSA) is 99.7 Å². The van der Waals surface area contributed by atoms with Gasteiger partial charge in [0.15, 0.2) is 0 Å². The van der Waals surface area contributed by atoms with Gasteiger partial charge in [-0.05, 0) is 50.3 Å². The van der Waals surface area contributed by atoms with Crippen LogP contribution < -0.4 is 15.5 Å². The first-order valence-corrected chi connectivity index (χ1v) is 13.6. The zero-order valence-electron chi connectivity index (χ0n) is 21.8. The Morgan fingerprint density at radius 1 is 1.21 bits per heavy atom. The molecule has 1 aliphatic carbocycles. The normalized spacial score (nSPS) is 24.2. The average Bonchev–Trinajstić information content (AvgIpc) is 3.24. The van der Waals surface area contributed by atoms with Crippen molar-refractivity contribution < 1.29 is 18.7 Å². The van der Waals surface area contributed by atoms with Crippen molar-refractivity contribution >= 4 is 35.1 Å². The minimum atomic E-state index is -0.529. The number of halogens is 2. The summed E-state index contributed by atoms with van der Waals surface area (Å²) in [6.07, 6.45) is 5.67. The van der Waals surface area contributed by atoms with E-state index in [1.807, 2.05) is 11.8 Å². The van der Waals surface area contributed by atoms with Gasteiger partial charge in [0.2, 0.25) is 11.8 Å². The minimum absolute atomic E-state index is 0.0393. The van der Waals surface area contributed by atoms with Crippen molar-refractivity contribution in [1.29, 1.82) is 0 Å². The molecule has 2 aliphatic heterocycles. The standard InChI is InChI=1S/C27H34ClFN6O3/c1-16-23-24(33-26(16)36)31-15-32-25(23)34-9-11-35(12-10-34)27(37)20(17-3-8-21(28)22(29)13-17)14-30-18-4-6-19(38-2)7-5-18/h3,8,13,15-16,18-20,30H,4-7,9-12,14H2,1-2H3,(H,31,32,33,36)/t16?,18?,19?,20-/m1/s1. The highest BCUT2D eigenvalue weighted by Crippen LogP contribution is 2.37. The summed E-state index contributed by atoms with van der Waals surface area (Å²) in [4.78, 5) is 38.6. The van der Waals surface area contributed by atoms with Crippen molar-refractivity contribution in [2.24, 2.45) is 0 Å². The van der Waals surface area contributed by atoms with Gasteiger partial charge in [0.05, 0.1) is 23.0 Å². The number of hydrogen-bond acceptors (Lipinski definition) is 7. The molecule has 9 nitrogen and oxygen atoms in total. The molecule has 1 aromatic carbocycles. The molecule has 2 N–H and O–H groups in total. The number of fused-ring (bicyclic) bond motifs is 1. The molecule has 1 saturated heterocycles. The van der Waals surface area contributed by atoms with Crippen molar-refractivity contribution in [2.45, 2.75) is 56.6 Å². The summed E-state index contributed by atoms with van der Waals surface area (Å²) in [7, 11) is 1.75. The maximum Gasteiger partial charge on any atom is 0.233 e. The Morgan fingerprint density at radius 3 is 2.63 bits per heavy atom. The van der Waals surface area contributed by atoms with E-state index in [2.05, 4.69) is 25.5 Å². The summed E-state index contributed by atoms with van der Waals surface area (Å²) in [6, 6.07) is 4.92. The maximum absolute atomic E-state index is 14.4. The second kappa shape index (κ2) is 11.5. The third kappa shape index (κ3) is 5.48. The Balaban J connectivity index is 1.27. The van der Waals surface area contributed by atoms with Crippen LogP contribution in [0.25, 0.3) is 0 Å². The lowest BCUT2D eigenvalue weighted by Gasteiger charge is -2.38. The number of piperazine rings is 1. The number of methoxy groups -OCH3 is 1. The molecule has 38 heavy (non-hydrogen) atoms. The zero-order valence-corrected chi connectivity index (χ0v) is 22.5. The molecule has 0 spiro atoms. The Labute approximate surface area is 227 Å². The number of anilines is 2. The molecule has 3 heterocycles. The van der Waals surface area contributed by atoms with E-state index >= 15 is 0 Å². The van der Waals surface area contributed by atoms with Crippen LogP contribution in [0.5, 0.6) is 0 Å². The number of hydrogen-bond donors (Lipinski definition) is 2. The summed E-state index contributed by atoms with van der Waals surface area (Å²) < 4.78 is 19.9. The number of nitrogens with zero attached hydrogens (tertiary/aromatic N) is 4. The largest absolute Gasteiger partial charge is 0.381 e. The molecule has 5 rings (SSSR count). The van der Waals surface area contributed by atoms with Crippen LogP contribution in [0.4, 0.5) is 16.0 Å². The van der Waals surface area contributed by atoms with E-state index in [-0.39, 0.29) is 22.8 Å². The highest BCUT2D eigenvalue weighted by atomic mass is 35.5. The SMILES string of the molecule is COC1CCC(NC[C@@H](C(=O)N2CCN(c3ncnc4c3C(C)C(=O)N4)CC2)c2ccc(Cl)c(F)c2)CC1. The molecule has 11 heteroatoms. The molecule has 1 aromatic heterocycles. The predicted octanol–water partition coefficient (Wildman–Crippen LogP) is 3.30. The quantitative estimate of drug-likeness (QED) is 0.551. The number of ether oxygens (including phenoxy) is 1. The van der Waals surface area contributed by atoms with Gasteiger partial charge in [0, 0.05) is 51.4 Å². The van der Waals surface area contributed by atoms with Crippen LogP contribution in [-0.2, 0) is 14.3 Å². The smallest absolute Gasteiger partial charge is 0.233 e. The van der Waals surface area contributed by atoms with Crippen LogP contribution in [0.15, 0.2) is 24.5 Å². The molecule has 0 radical (unpaired) electrons. The van der Waals surface area contributed by atoms with E-state index < -0.39 is 11.7 Å². The fourth-order valence-electron chi connectivity index (χ4n) is 5.72. The van der Waals surface area contributed by atoms with Crippen molar-refractivity contribution in [3.05, 3.63) is 46.5 Å². The number of carbonyl (C=O) groups is 2. The van der Waals surface area contributed by atoms with E-state index in [9.17, 15) is 14.0 Å². The monoisotopic (exact) mass is 544 g/mol. The second-order valence-corrected chi connectivity index (χ2v) is 10.7. The second-order valence-electron chi connectivity index (χ2n) is 10.3. The van der Waals surface area contributed by atoms with Gasteiger partial charge < -0.3 is 25.2 Å². The molecule has 2 atom stereocenters. The molecule has 1 unspecified atom stereocenters. The number of rotatable bonds is 7. The summed E-state index contributed by atoms with van der Waals surface area (Å²) in [5, 5.41) is 6.41. The Hall–Kier alpha value is -2.82. The first-order valence-electron chi connectivity index (χ1n) is 13.3. The third-order valence-electron chi connectivity index (χ3n) is 8.08. The molecule has 2 aromatic rings. The van der Waals surface area contributed by atoms with Gasteiger partial charge in [-0.3, -0.25) is 9.59 Å². The van der Waals surface area contributed by atoms with E-state index in [4.69, 9.17) is 16.3 Å². The van der Waals surface area contributed by atoms with Crippen LogP contribution in [0.2, 0.25) is 5.02 Å².